The first-order valence-corrected chi connectivity index (χ1v) is 8.91. The Kier molecular flexibility index (Phi) is 10.9. The first-order chi connectivity index (χ1) is 13.7. The van der Waals surface area contributed by atoms with E-state index >= 15 is 0 Å². The maximum atomic E-state index is 12.2. The third-order valence-corrected chi connectivity index (χ3v) is 4.42. The fourth-order valence-corrected chi connectivity index (χ4v) is 2.76. The number of nitrogens with zero attached hydrogens (tertiary/aromatic N) is 1. The molecule has 178 valence electrons. The molecular formula is C19H31NO11. The molecule has 0 aromatic heterocycles. The molecule has 12 nitrogen and oxygen atoms in total. The van der Waals surface area contributed by atoms with Crippen molar-refractivity contribution >= 4 is 34.7 Å². The second-order valence-electron chi connectivity index (χ2n) is 7.58. The third kappa shape index (κ3) is 5.53. The highest BCUT2D eigenvalue weighted by Gasteiger charge is 2.75. The van der Waals surface area contributed by atoms with Gasteiger partial charge in [-0.1, -0.05) is 0 Å². The van der Waals surface area contributed by atoms with Crippen molar-refractivity contribution in [1.29, 1.82) is 0 Å². The van der Waals surface area contributed by atoms with Crippen LogP contribution in [0.15, 0.2) is 0 Å². The largest absolute Gasteiger partial charge is 0.386 e. The molecule has 31 heavy (non-hydrogen) atoms. The van der Waals surface area contributed by atoms with E-state index in [4.69, 9.17) is 0 Å². The molecule has 0 saturated heterocycles. The minimum absolute atomic E-state index is 0.447. The van der Waals surface area contributed by atoms with Crippen LogP contribution in [0.2, 0.25) is 0 Å². The molecule has 0 rings (SSSR count). The number of ketones is 6. The molecular weight excluding hydrogens is 418 g/mol. The second-order valence-corrected chi connectivity index (χ2v) is 7.58. The van der Waals surface area contributed by atoms with Crippen molar-refractivity contribution in [3.63, 3.8) is 0 Å². The fourth-order valence-electron chi connectivity index (χ4n) is 2.76. The van der Waals surface area contributed by atoms with Gasteiger partial charge in [-0.2, -0.15) is 0 Å². The van der Waals surface area contributed by atoms with E-state index in [0.29, 0.717) is 27.7 Å². The normalized spacial score (nSPS) is 18.8. The zero-order valence-corrected chi connectivity index (χ0v) is 18.8. The molecule has 12 heteroatoms. The van der Waals surface area contributed by atoms with Crippen molar-refractivity contribution in [2.75, 3.05) is 21.1 Å². The lowest BCUT2D eigenvalue weighted by atomic mass is 9.60. The Morgan fingerprint density at radius 1 is 0.710 bits per heavy atom. The summed E-state index contributed by atoms with van der Waals surface area (Å²) in [5, 5.41) is 52.0. The van der Waals surface area contributed by atoms with E-state index in [-0.39, 0.29) is 0 Å². The minimum atomic E-state index is -4.11. The van der Waals surface area contributed by atoms with Crippen LogP contribution in [0.1, 0.15) is 34.6 Å². The molecule has 0 bridgehead atoms. The summed E-state index contributed by atoms with van der Waals surface area (Å²) in [6, 6.07) is 0. The van der Waals surface area contributed by atoms with Crippen LogP contribution in [0.25, 0.3) is 0 Å². The number of hydrogen-bond acceptors (Lipinski definition) is 12. The molecule has 0 aromatic carbocycles. The molecule has 0 spiro atoms. The highest BCUT2D eigenvalue weighted by molar-refractivity contribution is 6.45. The van der Waals surface area contributed by atoms with Gasteiger partial charge in [-0.25, -0.2) is 0 Å². The molecule has 1 unspecified atom stereocenters. The quantitative estimate of drug-likeness (QED) is 0.163. The van der Waals surface area contributed by atoms with Crippen molar-refractivity contribution < 1.29 is 54.3 Å². The van der Waals surface area contributed by atoms with Crippen molar-refractivity contribution in [3.8, 4) is 0 Å². The Labute approximate surface area is 179 Å². The van der Waals surface area contributed by atoms with Crippen molar-refractivity contribution in [1.82, 2.24) is 4.90 Å². The molecule has 0 aromatic rings. The Balaban J connectivity index is 0. The van der Waals surface area contributed by atoms with Crippen molar-refractivity contribution in [2.45, 2.75) is 63.6 Å². The Bertz CT molecular complexity index is 759. The van der Waals surface area contributed by atoms with Gasteiger partial charge >= 0.3 is 0 Å². The van der Waals surface area contributed by atoms with Gasteiger partial charge in [0.2, 0.25) is 17.0 Å². The van der Waals surface area contributed by atoms with Crippen LogP contribution < -0.4 is 0 Å². The van der Waals surface area contributed by atoms with Crippen LogP contribution >= 0.6 is 0 Å². The number of hydrogen-bond donors (Lipinski definition) is 5. The van der Waals surface area contributed by atoms with Gasteiger partial charge in [0.1, 0.15) is 12.2 Å². The van der Waals surface area contributed by atoms with Gasteiger partial charge in [0.05, 0.1) is 0 Å². The summed E-state index contributed by atoms with van der Waals surface area (Å²) in [7, 11) is 6.00. The zero-order chi connectivity index (χ0) is 25.7. The monoisotopic (exact) mass is 449 g/mol. The number of aliphatic hydroxyl groups is 5. The summed E-state index contributed by atoms with van der Waals surface area (Å²) in [4.78, 5) is 73.2. The summed E-state index contributed by atoms with van der Waals surface area (Å²) in [5.41, 5.74) is -12.0. The average Bonchev–Trinajstić information content (AvgIpc) is 2.62. The van der Waals surface area contributed by atoms with E-state index in [0.717, 1.165) is 6.92 Å². The van der Waals surface area contributed by atoms with Gasteiger partial charge in [-0.15, -0.1) is 0 Å². The fraction of sp³-hybridized carbons (Fsp3) is 0.684. The van der Waals surface area contributed by atoms with Crippen LogP contribution in [0, 0.1) is 0 Å². The Morgan fingerprint density at radius 3 is 1.26 bits per heavy atom. The molecule has 0 amide bonds. The number of carbonyl (C=O) groups excluding carboxylic acids is 6. The molecule has 0 aliphatic heterocycles. The highest BCUT2D eigenvalue weighted by atomic mass is 16.4. The number of rotatable bonds is 10. The summed E-state index contributed by atoms with van der Waals surface area (Å²) in [6.07, 6.45) is -5.51. The van der Waals surface area contributed by atoms with E-state index in [1.165, 1.54) is 0 Å². The highest BCUT2D eigenvalue weighted by Crippen LogP contribution is 2.40. The van der Waals surface area contributed by atoms with E-state index in [1.54, 1.807) is 0 Å². The van der Waals surface area contributed by atoms with Crippen molar-refractivity contribution in [3.05, 3.63) is 0 Å². The summed E-state index contributed by atoms with van der Waals surface area (Å²) in [6.45, 7) is 2.71. The van der Waals surface area contributed by atoms with Gasteiger partial charge in [0.15, 0.2) is 34.5 Å². The van der Waals surface area contributed by atoms with E-state index in [2.05, 4.69) is 0 Å². The van der Waals surface area contributed by atoms with E-state index in [9.17, 15) is 54.3 Å². The van der Waals surface area contributed by atoms with Crippen LogP contribution in [-0.4, -0.2) is 115 Å². The maximum absolute atomic E-state index is 12.2. The predicted molar refractivity (Wildman–Crippen MR) is 105 cm³/mol. The maximum Gasteiger partial charge on any atom is 0.240 e. The van der Waals surface area contributed by atoms with Crippen molar-refractivity contribution in [2.24, 2.45) is 0 Å². The topological polar surface area (TPSA) is 207 Å². The summed E-state index contributed by atoms with van der Waals surface area (Å²) in [5.74, 6) is -10.00. The molecule has 0 radical (unpaired) electrons. The number of aliphatic hydroxyl groups excluding tert-OH is 2. The molecule has 0 aliphatic carbocycles. The summed E-state index contributed by atoms with van der Waals surface area (Å²) < 4.78 is 0. The van der Waals surface area contributed by atoms with Crippen LogP contribution in [-0.2, 0) is 28.8 Å². The molecule has 5 N–H and O–H groups in total. The van der Waals surface area contributed by atoms with E-state index < -0.39 is 63.7 Å². The van der Waals surface area contributed by atoms with E-state index in [1.807, 2.05) is 26.0 Å². The SMILES string of the molecule is CC(=O)C(=O)[C@@](O)(C(C)=O)[C@](O)(C(C)=O)[C@@](O)(C(C)=O)[C@H](O)C(O)C(C)=O.CN(C)C. The summed E-state index contributed by atoms with van der Waals surface area (Å²) >= 11 is 0. The second kappa shape index (κ2) is 10.9. The molecule has 0 saturated carbocycles. The first kappa shape index (κ1) is 31.0. The molecule has 0 aliphatic rings. The molecule has 0 heterocycles. The first-order valence-electron chi connectivity index (χ1n) is 8.91. The van der Waals surface area contributed by atoms with Crippen LogP contribution in [0.3, 0.4) is 0 Å². The van der Waals surface area contributed by atoms with Gasteiger partial charge < -0.3 is 30.4 Å². The predicted octanol–water partition coefficient (Wildman–Crippen LogP) is -3.41. The lowest BCUT2D eigenvalue weighted by Crippen LogP contribution is -2.82. The lowest BCUT2D eigenvalue weighted by molar-refractivity contribution is -0.250. The number of Topliss-reactive ketones (excluding diaryl/α,β-unsaturated/α-hetero) is 6. The third-order valence-electron chi connectivity index (χ3n) is 4.42. The van der Waals surface area contributed by atoms with Gasteiger partial charge in [-0.05, 0) is 48.8 Å². The number of carbonyl (C=O) groups is 6. The van der Waals surface area contributed by atoms with Gasteiger partial charge in [0, 0.05) is 6.92 Å². The molecule has 5 atom stereocenters. The van der Waals surface area contributed by atoms with Crippen LogP contribution in [0.4, 0.5) is 0 Å². The van der Waals surface area contributed by atoms with Gasteiger partial charge in [0.25, 0.3) is 0 Å². The standard InChI is InChI=1S/C16H22O11.C3H9N/c1-6(17)11(22)13(24)15(26,9(4)20)16(27,10(5)21)14(25,8(3)19)12(23)7(2)18;1-4(2)3/h11,13,22,24-27H,1-5H3;1-3H3/t11?,13-,14+,15-,16-;/m1./s1. The van der Waals surface area contributed by atoms with Crippen LogP contribution in [0.5, 0.6) is 0 Å². The zero-order valence-electron chi connectivity index (χ0n) is 18.8. The van der Waals surface area contributed by atoms with Gasteiger partial charge in [-0.3, -0.25) is 28.8 Å². The lowest BCUT2D eigenvalue weighted by Gasteiger charge is -2.49. The minimum Gasteiger partial charge on any atom is -0.386 e. The Morgan fingerprint density at radius 2 is 1.06 bits per heavy atom. The molecule has 0 fully saturated rings. The smallest absolute Gasteiger partial charge is 0.240 e. The average molecular weight is 449 g/mol. The Hall–Kier alpha value is -2.22.